The first-order valence-corrected chi connectivity index (χ1v) is 8.63. The van der Waals surface area contributed by atoms with E-state index in [0.29, 0.717) is 36.2 Å². The molecule has 0 aromatic heterocycles. The smallest absolute Gasteiger partial charge is 0.0724 e. The SMILES string of the molecule is CC(C)C(C)Cc1ccc(C(=O)[O-])c(C(=O)[O-])c1CC(C)C(C)C. The second kappa shape index (κ2) is 8.32. The van der Waals surface area contributed by atoms with Gasteiger partial charge in [-0.3, -0.25) is 0 Å². The molecule has 4 nitrogen and oxygen atoms in total. The predicted octanol–water partition coefficient (Wildman–Crippen LogP) is 2.08. The zero-order chi connectivity index (χ0) is 18.6. The monoisotopic (exact) mass is 332 g/mol. The van der Waals surface area contributed by atoms with Crippen molar-refractivity contribution in [3.05, 3.63) is 34.4 Å². The second-order valence-electron chi connectivity index (χ2n) is 7.55. The topological polar surface area (TPSA) is 80.3 Å². The quantitative estimate of drug-likeness (QED) is 0.730. The lowest BCUT2D eigenvalue weighted by Gasteiger charge is -2.26. The van der Waals surface area contributed by atoms with Crippen LogP contribution >= 0.6 is 0 Å². The molecule has 0 radical (unpaired) electrons. The fourth-order valence-electron chi connectivity index (χ4n) is 2.66. The van der Waals surface area contributed by atoms with Gasteiger partial charge in [-0.2, -0.15) is 0 Å². The standard InChI is InChI=1S/C20H30O4/c1-11(2)13(5)9-15-7-8-16(19(21)22)18(20(23)24)17(15)10-14(6)12(3)4/h7-8,11-14H,9-10H2,1-6H3,(H,21,22)(H,23,24)/p-2. The van der Waals surface area contributed by atoms with Crippen LogP contribution in [0.25, 0.3) is 0 Å². The maximum atomic E-state index is 11.7. The van der Waals surface area contributed by atoms with E-state index in [2.05, 4.69) is 34.6 Å². The average Bonchev–Trinajstić information content (AvgIpc) is 2.47. The highest BCUT2D eigenvalue weighted by Gasteiger charge is 2.20. The second-order valence-corrected chi connectivity index (χ2v) is 7.55. The molecule has 0 amide bonds. The summed E-state index contributed by atoms with van der Waals surface area (Å²) >= 11 is 0. The molecule has 0 aliphatic heterocycles. The van der Waals surface area contributed by atoms with Gasteiger partial charge in [0, 0.05) is 11.1 Å². The van der Waals surface area contributed by atoms with Crippen molar-refractivity contribution in [3.63, 3.8) is 0 Å². The van der Waals surface area contributed by atoms with Gasteiger partial charge in [0.05, 0.1) is 11.9 Å². The summed E-state index contributed by atoms with van der Waals surface area (Å²) in [6, 6.07) is 3.07. The lowest BCUT2D eigenvalue weighted by molar-refractivity contribution is -0.259. The van der Waals surface area contributed by atoms with E-state index < -0.39 is 11.9 Å². The van der Waals surface area contributed by atoms with Gasteiger partial charge >= 0.3 is 0 Å². The van der Waals surface area contributed by atoms with Crippen molar-refractivity contribution in [1.29, 1.82) is 0 Å². The third-order valence-corrected chi connectivity index (χ3v) is 5.18. The first-order chi connectivity index (χ1) is 11.1. The van der Waals surface area contributed by atoms with E-state index >= 15 is 0 Å². The third kappa shape index (κ3) is 4.83. The molecule has 0 saturated heterocycles. The zero-order valence-corrected chi connectivity index (χ0v) is 15.5. The first kappa shape index (κ1) is 20.2. The minimum Gasteiger partial charge on any atom is -0.545 e. The van der Waals surface area contributed by atoms with Crippen LogP contribution in [-0.2, 0) is 12.8 Å². The van der Waals surface area contributed by atoms with Gasteiger partial charge in [0.2, 0.25) is 0 Å². The van der Waals surface area contributed by atoms with E-state index in [0.717, 1.165) is 5.56 Å². The highest BCUT2D eigenvalue weighted by atomic mass is 16.4. The van der Waals surface area contributed by atoms with Gasteiger partial charge in [-0.1, -0.05) is 53.7 Å². The Balaban J connectivity index is 3.49. The van der Waals surface area contributed by atoms with Crippen molar-refractivity contribution >= 4 is 11.9 Å². The number of carboxylic acids is 2. The summed E-state index contributed by atoms with van der Waals surface area (Å²) in [7, 11) is 0. The van der Waals surface area contributed by atoms with Gasteiger partial charge in [-0.25, -0.2) is 0 Å². The molecule has 0 heterocycles. The normalized spacial score (nSPS) is 14.0. The van der Waals surface area contributed by atoms with Crippen molar-refractivity contribution in [2.45, 2.75) is 54.4 Å². The molecular weight excluding hydrogens is 304 g/mol. The molecule has 0 N–H and O–H groups in total. The average molecular weight is 332 g/mol. The lowest BCUT2D eigenvalue weighted by Crippen LogP contribution is -2.32. The Morgan fingerprint density at radius 2 is 1.33 bits per heavy atom. The van der Waals surface area contributed by atoms with Crippen LogP contribution < -0.4 is 10.2 Å². The number of aromatic carboxylic acids is 2. The van der Waals surface area contributed by atoms with Gasteiger partial charge in [0.1, 0.15) is 0 Å². The van der Waals surface area contributed by atoms with Crippen LogP contribution in [0, 0.1) is 23.7 Å². The third-order valence-electron chi connectivity index (χ3n) is 5.18. The molecule has 1 aromatic carbocycles. The Labute approximate surface area is 144 Å². The number of hydrogen-bond donors (Lipinski definition) is 0. The highest BCUT2D eigenvalue weighted by Crippen LogP contribution is 2.28. The number of benzene rings is 1. The van der Waals surface area contributed by atoms with Crippen LogP contribution in [-0.4, -0.2) is 11.9 Å². The van der Waals surface area contributed by atoms with Gasteiger partial charge in [-0.15, -0.1) is 0 Å². The minimum atomic E-state index is -1.48. The van der Waals surface area contributed by atoms with Gasteiger partial charge in [0.25, 0.3) is 0 Å². The summed E-state index contributed by atoms with van der Waals surface area (Å²) in [5.41, 5.74) is 0.983. The first-order valence-electron chi connectivity index (χ1n) is 8.63. The number of carboxylic acid groups (broad SMARTS) is 2. The molecule has 4 heteroatoms. The molecule has 0 saturated carbocycles. The molecule has 1 rings (SSSR count). The number of carbonyl (C=O) groups excluding carboxylic acids is 2. The van der Waals surface area contributed by atoms with E-state index in [-0.39, 0.29) is 17.0 Å². The maximum Gasteiger partial charge on any atom is 0.0724 e. The Morgan fingerprint density at radius 1 is 0.833 bits per heavy atom. The highest BCUT2D eigenvalue weighted by molar-refractivity contribution is 6.01. The Kier molecular flexibility index (Phi) is 7.00. The fourth-order valence-corrected chi connectivity index (χ4v) is 2.66. The predicted molar refractivity (Wildman–Crippen MR) is 90.5 cm³/mol. The molecule has 0 spiro atoms. The summed E-state index contributed by atoms with van der Waals surface area (Å²) < 4.78 is 0. The van der Waals surface area contributed by atoms with E-state index in [1.807, 2.05) is 6.92 Å². The molecule has 1 aromatic rings. The fraction of sp³-hybridized carbons (Fsp3) is 0.600. The van der Waals surface area contributed by atoms with Crippen molar-refractivity contribution in [3.8, 4) is 0 Å². The molecule has 2 unspecified atom stereocenters. The van der Waals surface area contributed by atoms with Crippen LogP contribution in [0.4, 0.5) is 0 Å². The van der Waals surface area contributed by atoms with Gasteiger partial charge in [0.15, 0.2) is 0 Å². The van der Waals surface area contributed by atoms with E-state index in [1.54, 1.807) is 6.07 Å². The molecule has 134 valence electrons. The van der Waals surface area contributed by atoms with Crippen LogP contribution in [0.2, 0.25) is 0 Å². The maximum absolute atomic E-state index is 11.7. The Hall–Kier alpha value is -1.84. The molecule has 24 heavy (non-hydrogen) atoms. The summed E-state index contributed by atoms with van der Waals surface area (Å²) in [5.74, 6) is -1.51. The Bertz CT molecular complexity index is 602. The summed E-state index contributed by atoms with van der Waals surface area (Å²) in [5, 5.41) is 23.0. The zero-order valence-electron chi connectivity index (χ0n) is 15.5. The van der Waals surface area contributed by atoms with Gasteiger partial charge < -0.3 is 19.8 Å². The molecule has 0 fully saturated rings. The molecular formula is C20H28O4-2. The minimum absolute atomic E-state index is 0.212. The van der Waals surface area contributed by atoms with E-state index in [9.17, 15) is 19.8 Å². The summed E-state index contributed by atoms with van der Waals surface area (Å²) in [6.07, 6.45) is 1.23. The summed E-state index contributed by atoms with van der Waals surface area (Å²) in [6.45, 7) is 12.5. The lowest BCUT2D eigenvalue weighted by atomic mass is 9.81. The molecule has 0 bridgehead atoms. The van der Waals surface area contributed by atoms with Crippen molar-refractivity contribution < 1.29 is 19.8 Å². The van der Waals surface area contributed by atoms with Crippen LogP contribution in [0.1, 0.15) is 73.4 Å². The van der Waals surface area contributed by atoms with Crippen molar-refractivity contribution in [1.82, 2.24) is 0 Å². The summed E-state index contributed by atoms with van der Waals surface area (Å²) in [4.78, 5) is 23.0. The van der Waals surface area contributed by atoms with Crippen molar-refractivity contribution in [2.24, 2.45) is 23.7 Å². The van der Waals surface area contributed by atoms with Crippen molar-refractivity contribution in [2.75, 3.05) is 0 Å². The van der Waals surface area contributed by atoms with E-state index in [4.69, 9.17) is 0 Å². The number of rotatable bonds is 8. The van der Waals surface area contributed by atoms with Crippen LogP contribution in [0.5, 0.6) is 0 Å². The number of hydrogen-bond acceptors (Lipinski definition) is 4. The van der Waals surface area contributed by atoms with Crippen LogP contribution in [0.3, 0.4) is 0 Å². The van der Waals surface area contributed by atoms with Crippen LogP contribution in [0.15, 0.2) is 12.1 Å². The molecule has 0 aliphatic rings. The largest absolute Gasteiger partial charge is 0.545 e. The van der Waals surface area contributed by atoms with E-state index in [1.165, 1.54) is 6.07 Å². The molecule has 2 atom stereocenters. The van der Waals surface area contributed by atoms with Gasteiger partial charge in [-0.05, 0) is 47.6 Å². The molecule has 0 aliphatic carbocycles. The Morgan fingerprint density at radius 3 is 1.75 bits per heavy atom. The number of carbonyl (C=O) groups is 2.